The van der Waals surface area contributed by atoms with E-state index in [0.29, 0.717) is 5.56 Å². The number of nitrogens with zero attached hydrogens (tertiary/aromatic N) is 2. The summed E-state index contributed by atoms with van der Waals surface area (Å²) in [6.07, 6.45) is 4.72. The Hall–Kier alpha value is -2.36. The summed E-state index contributed by atoms with van der Waals surface area (Å²) in [5, 5.41) is 11.0. The average Bonchev–Trinajstić information content (AvgIpc) is 2.73. The highest BCUT2D eigenvalue weighted by atomic mass is 16.6. The van der Waals surface area contributed by atoms with Crippen molar-refractivity contribution in [2.45, 2.75) is 6.92 Å². The first-order valence-electron chi connectivity index (χ1n) is 5.18. The number of aromatic nitrogens is 1. The maximum absolute atomic E-state index is 11.0. The lowest BCUT2D eigenvalue weighted by molar-refractivity contribution is -0.384. The Morgan fingerprint density at radius 1 is 1.29 bits per heavy atom. The van der Waals surface area contributed by atoms with Crippen LogP contribution in [0, 0.1) is 17.0 Å². The van der Waals surface area contributed by atoms with E-state index in [-0.39, 0.29) is 10.6 Å². The fourth-order valence-corrected chi connectivity index (χ4v) is 1.80. The average molecular weight is 228 g/mol. The highest BCUT2D eigenvalue weighted by Crippen LogP contribution is 2.32. The highest BCUT2D eigenvalue weighted by Gasteiger charge is 2.18. The van der Waals surface area contributed by atoms with Crippen LogP contribution in [0.15, 0.2) is 43.2 Å². The van der Waals surface area contributed by atoms with Crippen LogP contribution in [0.2, 0.25) is 0 Å². The van der Waals surface area contributed by atoms with Crippen LogP contribution in [0.4, 0.5) is 5.69 Å². The van der Waals surface area contributed by atoms with Gasteiger partial charge in [0, 0.05) is 12.4 Å². The number of hydrogen-bond acceptors (Lipinski definition) is 2. The number of aryl methyl sites for hydroxylation is 1. The maximum Gasteiger partial charge on any atom is 0.295 e. The Morgan fingerprint density at radius 2 is 2.00 bits per heavy atom. The second kappa shape index (κ2) is 4.25. The Balaban J connectivity index is 2.66. The van der Waals surface area contributed by atoms with Gasteiger partial charge in [-0.25, -0.2) is 0 Å². The third kappa shape index (κ3) is 1.97. The van der Waals surface area contributed by atoms with E-state index in [2.05, 4.69) is 6.58 Å². The molecule has 0 amide bonds. The molecule has 2 aromatic rings. The minimum absolute atomic E-state index is 0.0965. The zero-order chi connectivity index (χ0) is 12.4. The molecule has 0 fully saturated rings. The molecule has 0 bridgehead atoms. The highest BCUT2D eigenvalue weighted by molar-refractivity contribution is 5.76. The van der Waals surface area contributed by atoms with Crippen molar-refractivity contribution in [2.24, 2.45) is 0 Å². The van der Waals surface area contributed by atoms with Gasteiger partial charge in [-0.05, 0) is 18.1 Å². The molecule has 0 saturated carbocycles. The lowest BCUT2D eigenvalue weighted by Gasteiger charge is -2.02. The van der Waals surface area contributed by atoms with Crippen molar-refractivity contribution in [1.82, 2.24) is 4.57 Å². The molecule has 0 aliphatic rings. The van der Waals surface area contributed by atoms with Crippen molar-refractivity contribution in [2.75, 3.05) is 0 Å². The molecule has 0 N–H and O–H groups in total. The van der Waals surface area contributed by atoms with Gasteiger partial charge in [-0.2, -0.15) is 0 Å². The molecule has 86 valence electrons. The number of benzene rings is 1. The van der Waals surface area contributed by atoms with Gasteiger partial charge < -0.3 is 4.57 Å². The third-order valence-electron chi connectivity index (χ3n) is 2.67. The summed E-state index contributed by atoms with van der Waals surface area (Å²) >= 11 is 0. The summed E-state index contributed by atoms with van der Waals surface area (Å²) in [7, 11) is 0. The van der Waals surface area contributed by atoms with Crippen molar-refractivity contribution in [1.29, 1.82) is 0 Å². The second-order valence-electron chi connectivity index (χ2n) is 3.76. The summed E-state index contributed by atoms with van der Waals surface area (Å²) in [5.74, 6) is 0. The van der Waals surface area contributed by atoms with E-state index in [9.17, 15) is 10.1 Å². The Kier molecular flexibility index (Phi) is 2.78. The van der Waals surface area contributed by atoms with E-state index in [4.69, 9.17) is 0 Å². The molecule has 2 rings (SSSR count). The predicted octanol–water partition coefficient (Wildman–Crippen LogP) is 3.47. The van der Waals surface area contributed by atoms with E-state index < -0.39 is 0 Å². The minimum Gasteiger partial charge on any atom is -0.324 e. The zero-order valence-electron chi connectivity index (χ0n) is 9.46. The van der Waals surface area contributed by atoms with Gasteiger partial charge in [0.25, 0.3) is 5.69 Å². The van der Waals surface area contributed by atoms with Crippen molar-refractivity contribution in [3.63, 3.8) is 0 Å². The first kappa shape index (κ1) is 11.1. The van der Waals surface area contributed by atoms with Gasteiger partial charge in [0.1, 0.15) is 0 Å². The smallest absolute Gasteiger partial charge is 0.295 e. The molecule has 17 heavy (non-hydrogen) atoms. The molecule has 4 nitrogen and oxygen atoms in total. The monoisotopic (exact) mass is 228 g/mol. The molecule has 1 aromatic heterocycles. The van der Waals surface area contributed by atoms with Crippen LogP contribution >= 0.6 is 0 Å². The van der Waals surface area contributed by atoms with Crippen LogP contribution in [-0.2, 0) is 0 Å². The quantitative estimate of drug-likeness (QED) is 0.596. The maximum atomic E-state index is 11.0. The normalized spacial score (nSPS) is 10.2. The molecular weight excluding hydrogens is 216 g/mol. The van der Waals surface area contributed by atoms with Crippen LogP contribution in [0.5, 0.6) is 0 Å². The van der Waals surface area contributed by atoms with Crippen molar-refractivity contribution in [3.8, 4) is 11.1 Å². The Labute approximate surface area is 99.0 Å². The van der Waals surface area contributed by atoms with Crippen LogP contribution < -0.4 is 0 Å². The largest absolute Gasteiger partial charge is 0.324 e. The summed E-state index contributed by atoms with van der Waals surface area (Å²) in [6.45, 7) is 5.54. The van der Waals surface area contributed by atoms with Gasteiger partial charge >= 0.3 is 0 Å². The van der Waals surface area contributed by atoms with Crippen molar-refractivity contribution in [3.05, 3.63) is 58.9 Å². The van der Waals surface area contributed by atoms with Crippen LogP contribution in [-0.4, -0.2) is 9.49 Å². The lowest BCUT2D eigenvalue weighted by Crippen LogP contribution is -1.89. The number of rotatable bonds is 3. The van der Waals surface area contributed by atoms with Gasteiger partial charge in [0.15, 0.2) is 0 Å². The summed E-state index contributed by atoms with van der Waals surface area (Å²) < 4.78 is 1.60. The summed E-state index contributed by atoms with van der Waals surface area (Å²) in [6, 6.07) is 7.60. The van der Waals surface area contributed by atoms with Gasteiger partial charge in [0.05, 0.1) is 16.7 Å². The van der Waals surface area contributed by atoms with E-state index in [0.717, 1.165) is 11.1 Å². The fraction of sp³-hybridized carbons (Fsp3) is 0.0769. The van der Waals surface area contributed by atoms with Crippen LogP contribution in [0.25, 0.3) is 17.3 Å². The Bertz CT molecular complexity index is 585. The molecule has 4 heteroatoms. The molecule has 0 atom stereocenters. The van der Waals surface area contributed by atoms with E-state index >= 15 is 0 Å². The standard InChI is InChI=1S/C13H12N2O2/c1-3-14-8-12(13(9-14)15(16)17)11-7-5-4-6-10(11)2/h3-9H,1H2,2H3. The van der Waals surface area contributed by atoms with Gasteiger partial charge in [0.2, 0.25) is 0 Å². The van der Waals surface area contributed by atoms with E-state index in [1.807, 2.05) is 31.2 Å². The molecular formula is C13H12N2O2. The molecule has 1 heterocycles. The van der Waals surface area contributed by atoms with E-state index in [1.165, 1.54) is 12.4 Å². The second-order valence-corrected chi connectivity index (χ2v) is 3.76. The zero-order valence-corrected chi connectivity index (χ0v) is 9.46. The van der Waals surface area contributed by atoms with Crippen molar-refractivity contribution >= 4 is 11.9 Å². The molecule has 1 aromatic carbocycles. The topological polar surface area (TPSA) is 48.1 Å². The molecule has 0 aliphatic carbocycles. The molecule has 0 spiro atoms. The van der Waals surface area contributed by atoms with Gasteiger partial charge in [-0.15, -0.1) is 0 Å². The number of hydrogen-bond donors (Lipinski definition) is 0. The lowest BCUT2D eigenvalue weighted by atomic mass is 10.0. The molecule has 0 aliphatic heterocycles. The van der Waals surface area contributed by atoms with E-state index in [1.54, 1.807) is 10.8 Å². The number of nitro groups is 1. The van der Waals surface area contributed by atoms with Gasteiger partial charge in [-0.1, -0.05) is 30.8 Å². The first-order valence-corrected chi connectivity index (χ1v) is 5.18. The Morgan fingerprint density at radius 3 is 2.59 bits per heavy atom. The fourth-order valence-electron chi connectivity index (χ4n) is 1.80. The molecule has 0 unspecified atom stereocenters. The van der Waals surface area contributed by atoms with Crippen LogP contribution in [0.3, 0.4) is 0 Å². The summed E-state index contributed by atoms with van der Waals surface area (Å²) in [4.78, 5) is 10.6. The minimum atomic E-state index is -0.373. The molecule has 0 saturated heterocycles. The SMILES string of the molecule is C=Cn1cc(-c2ccccc2C)c([N+](=O)[O-])c1. The van der Waals surface area contributed by atoms with Crippen molar-refractivity contribution < 1.29 is 4.92 Å². The van der Waals surface area contributed by atoms with Gasteiger partial charge in [-0.3, -0.25) is 10.1 Å². The predicted molar refractivity (Wildman–Crippen MR) is 67.6 cm³/mol. The summed E-state index contributed by atoms with van der Waals surface area (Å²) in [5.41, 5.74) is 2.60. The van der Waals surface area contributed by atoms with Crippen LogP contribution in [0.1, 0.15) is 5.56 Å². The first-order chi connectivity index (χ1) is 8.13. The molecule has 0 radical (unpaired) electrons. The third-order valence-corrected chi connectivity index (χ3v) is 2.67.